The molecule has 4 rings (SSSR count). The van der Waals surface area contributed by atoms with Gasteiger partial charge in [0.05, 0.1) is 12.7 Å². The molecule has 4 aromatic rings. The van der Waals surface area contributed by atoms with Crippen LogP contribution in [-0.2, 0) is 22.4 Å². The van der Waals surface area contributed by atoms with Crippen molar-refractivity contribution in [3.05, 3.63) is 95.9 Å². The van der Waals surface area contributed by atoms with Gasteiger partial charge in [0.15, 0.2) is 18.3 Å². The van der Waals surface area contributed by atoms with Crippen molar-refractivity contribution in [3.8, 4) is 28.3 Å². The molecule has 168 valence electrons. The molecule has 0 radical (unpaired) electrons. The Kier molecular flexibility index (Phi) is 6.78. The van der Waals surface area contributed by atoms with Gasteiger partial charge in [-0.15, -0.1) is 0 Å². The van der Waals surface area contributed by atoms with Crippen molar-refractivity contribution in [3.63, 3.8) is 0 Å². The summed E-state index contributed by atoms with van der Waals surface area (Å²) in [7, 11) is 1.30. The number of oxazole rings is 1. The standard InChI is InChI=1S/C26H21F2NO4/c1-31-24(30)16-32-18-8-6-7-17(15-18)13-14-23-29-25(19-9-2-4-11-21(19)27)26(33-23)20-10-3-5-12-22(20)28/h2-12,15H,13-14,16H2,1H3. The summed E-state index contributed by atoms with van der Waals surface area (Å²) in [4.78, 5) is 15.8. The normalized spacial score (nSPS) is 10.8. The van der Waals surface area contributed by atoms with Crippen LogP contribution in [0.1, 0.15) is 11.5 Å². The maximum Gasteiger partial charge on any atom is 0.343 e. The molecule has 1 aromatic heterocycles. The van der Waals surface area contributed by atoms with Gasteiger partial charge >= 0.3 is 5.97 Å². The van der Waals surface area contributed by atoms with Crippen LogP contribution in [0.15, 0.2) is 77.2 Å². The molecule has 0 unspecified atom stereocenters. The van der Waals surface area contributed by atoms with Gasteiger partial charge in [-0.25, -0.2) is 18.6 Å². The van der Waals surface area contributed by atoms with Crippen molar-refractivity contribution in [2.24, 2.45) is 0 Å². The van der Waals surface area contributed by atoms with Crippen molar-refractivity contribution in [2.45, 2.75) is 12.8 Å². The van der Waals surface area contributed by atoms with Gasteiger partial charge < -0.3 is 13.9 Å². The number of hydrogen-bond acceptors (Lipinski definition) is 5. The minimum Gasteiger partial charge on any atom is -0.482 e. The molecule has 7 heteroatoms. The van der Waals surface area contributed by atoms with E-state index in [-0.39, 0.29) is 29.2 Å². The number of nitrogens with zero attached hydrogens (tertiary/aromatic N) is 1. The van der Waals surface area contributed by atoms with Gasteiger partial charge in [0.2, 0.25) is 0 Å². The highest BCUT2D eigenvalue weighted by Crippen LogP contribution is 2.35. The predicted octanol–water partition coefficient (Wildman–Crippen LogP) is 5.62. The average molecular weight is 449 g/mol. The first kappa shape index (κ1) is 22.2. The Labute approximate surface area is 189 Å². The maximum atomic E-state index is 14.5. The molecule has 5 nitrogen and oxygen atoms in total. The summed E-state index contributed by atoms with van der Waals surface area (Å²) in [6.07, 6.45) is 0.944. The van der Waals surface area contributed by atoms with E-state index in [0.717, 1.165) is 5.56 Å². The fourth-order valence-corrected chi connectivity index (χ4v) is 3.38. The number of rotatable bonds is 8. The number of halogens is 2. The topological polar surface area (TPSA) is 61.6 Å². The Bertz CT molecular complexity index is 1210. The van der Waals surface area contributed by atoms with Crippen molar-refractivity contribution >= 4 is 5.97 Å². The molecular weight excluding hydrogens is 428 g/mol. The lowest BCUT2D eigenvalue weighted by Crippen LogP contribution is -2.12. The number of esters is 1. The summed E-state index contributed by atoms with van der Waals surface area (Å²) >= 11 is 0. The largest absolute Gasteiger partial charge is 0.482 e. The third-order valence-corrected chi connectivity index (χ3v) is 5.03. The van der Waals surface area contributed by atoms with E-state index < -0.39 is 17.6 Å². The van der Waals surface area contributed by atoms with Crippen LogP contribution in [0.25, 0.3) is 22.6 Å². The first-order valence-electron chi connectivity index (χ1n) is 10.3. The monoisotopic (exact) mass is 449 g/mol. The van der Waals surface area contributed by atoms with E-state index in [1.807, 2.05) is 12.1 Å². The molecule has 0 atom stereocenters. The van der Waals surface area contributed by atoms with Gasteiger partial charge in [0.1, 0.15) is 23.1 Å². The van der Waals surface area contributed by atoms with Crippen molar-refractivity contribution in [1.29, 1.82) is 0 Å². The van der Waals surface area contributed by atoms with Crippen molar-refractivity contribution < 1.29 is 27.5 Å². The van der Waals surface area contributed by atoms with Crippen LogP contribution in [0.5, 0.6) is 5.75 Å². The number of hydrogen-bond donors (Lipinski definition) is 0. The molecule has 0 aliphatic rings. The molecule has 0 aliphatic heterocycles. The zero-order valence-electron chi connectivity index (χ0n) is 17.9. The van der Waals surface area contributed by atoms with Crippen LogP contribution in [0, 0.1) is 11.6 Å². The lowest BCUT2D eigenvalue weighted by atomic mass is 10.1. The smallest absolute Gasteiger partial charge is 0.343 e. The minimum atomic E-state index is -0.478. The third-order valence-electron chi connectivity index (χ3n) is 5.03. The zero-order chi connectivity index (χ0) is 23.2. The molecule has 0 amide bonds. The zero-order valence-corrected chi connectivity index (χ0v) is 17.9. The number of benzene rings is 3. The predicted molar refractivity (Wildman–Crippen MR) is 119 cm³/mol. The summed E-state index contributed by atoms with van der Waals surface area (Å²) in [5, 5.41) is 0. The van der Waals surface area contributed by atoms with Gasteiger partial charge in [-0.2, -0.15) is 0 Å². The van der Waals surface area contributed by atoms with Crippen LogP contribution in [0.3, 0.4) is 0 Å². The number of ether oxygens (including phenoxy) is 2. The number of aromatic nitrogens is 1. The summed E-state index contributed by atoms with van der Waals surface area (Å²) in [5.74, 6) is -0.347. The molecule has 33 heavy (non-hydrogen) atoms. The Hall–Kier alpha value is -4.00. The molecule has 0 saturated heterocycles. The lowest BCUT2D eigenvalue weighted by Gasteiger charge is -2.06. The number of aryl methyl sites for hydroxylation is 2. The highest BCUT2D eigenvalue weighted by molar-refractivity contribution is 5.77. The van der Waals surface area contributed by atoms with E-state index in [0.29, 0.717) is 24.5 Å². The Morgan fingerprint density at radius 3 is 2.30 bits per heavy atom. The fraction of sp³-hybridized carbons (Fsp3) is 0.154. The van der Waals surface area contributed by atoms with Crippen molar-refractivity contribution in [1.82, 2.24) is 4.98 Å². The Morgan fingerprint density at radius 1 is 0.909 bits per heavy atom. The molecule has 0 saturated carbocycles. The Balaban J connectivity index is 1.59. The van der Waals surface area contributed by atoms with Crippen molar-refractivity contribution in [2.75, 3.05) is 13.7 Å². The number of carbonyl (C=O) groups is 1. The van der Waals surface area contributed by atoms with Crippen LogP contribution in [0.4, 0.5) is 8.78 Å². The first-order chi connectivity index (χ1) is 16.0. The van der Waals surface area contributed by atoms with E-state index in [2.05, 4.69) is 9.72 Å². The minimum absolute atomic E-state index is 0.183. The molecule has 1 heterocycles. The molecule has 0 spiro atoms. The lowest BCUT2D eigenvalue weighted by molar-refractivity contribution is -0.142. The molecule has 0 bridgehead atoms. The first-order valence-corrected chi connectivity index (χ1v) is 10.3. The van der Waals surface area contributed by atoms with E-state index in [4.69, 9.17) is 9.15 Å². The molecule has 3 aromatic carbocycles. The second kappa shape index (κ2) is 10.1. The summed E-state index contributed by atoms with van der Waals surface area (Å²) in [6.45, 7) is -0.183. The molecule has 0 aliphatic carbocycles. The van der Waals surface area contributed by atoms with Gasteiger partial charge in [-0.1, -0.05) is 36.4 Å². The third kappa shape index (κ3) is 5.26. The number of carbonyl (C=O) groups excluding carboxylic acids is 1. The van der Waals surface area contributed by atoms with E-state index in [1.165, 1.54) is 19.2 Å². The SMILES string of the molecule is COC(=O)COc1cccc(CCc2nc(-c3ccccc3F)c(-c3ccccc3F)o2)c1. The van der Waals surface area contributed by atoms with Crippen LogP contribution >= 0.6 is 0 Å². The highest BCUT2D eigenvalue weighted by atomic mass is 19.1. The number of methoxy groups -OCH3 is 1. The second-order valence-electron chi connectivity index (χ2n) is 7.26. The summed E-state index contributed by atoms with van der Waals surface area (Å²) in [5.41, 5.74) is 1.63. The van der Waals surface area contributed by atoms with Gasteiger partial charge in [-0.05, 0) is 48.4 Å². The average Bonchev–Trinajstić information content (AvgIpc) is 3.26. The van der Waals surface area contributed by atoms with Crippen LogP contribution in [-0.4, -0.2) is 24.7 Å². The molecule has 0 N–H and O–H groups in total. The molecular formula is C26H21F2NO4. The van der Waals surface area contributed by atoms with Gasteiger partial charge in [-0.3, -0.25) is 0 Å². The fourth-order valence-electron chi connectivity index (χ4n) is 3.38. The Morgan fingerprint density at radius 2 is 1.61 bits per heavy atom. The van der Waals surface area contributed by atoms with Crippen LogP contribution < -0.4 is 4.74 Å². The maximum absolute atomic E-state index is 14.5. The van der Waals surface area contributed by atoms with Gasteiger partial charge in [0, 0.05) is 12.0 Å². The summed E-state index contributed by atoms with van der Waals surface area (Å²) in [6, 6.07) is 19.6. The molecule has 0 fully saturated rings. The van der Waals surface area contributed by atoms with Gasteiger partial charge in [0.25, 0.3) is 0 Å². The van der Waals surface area contributed by atoms with E-state index in [1.54, 1.807) is 48.5 Å². The van der Waals surface area contributed by atoms with Crippen LogP contribution in [0.2, 0.25) is 0 Å². The second-order valence-corrected chi connectivity index (χ2v) is 7.26. The van der Waals surface area contributed by atoms with E-state index in [9.17, 15) is 13.6 Å². The highest BCUT2D eigenvalue weighted by Gasteiger charge is 2.21. The van der Waals surface area contributed by atoms with E-state index >= 15 is 0 Å². The quantitative estimate of drug-likeness (QED) is 0.327. The summed E-state index contributed by atoms with van der Waals surface area (Å²) < 4.78 is 44.9.